The number of hydrogen-bond acceptors (Lipinski definition) is 2. The van der Waals surface area contributed by atoms with E-state index in [1.807, 2.05) is 0 Å². The third kappa shape index (κ3) is 8.20. The Labute approximate surface area is 244 Å². The molecule has 0 N–H and O–H groups in total. The van der Waals surface area contributed by atoms with Crippen LogP contribution in [0.1, 0.15) is 103 Å². The molecule has 0 bridgehead atoms. The fourth-order valence-corrected chi connectivity index (χ4v) is 7.79. The fraction of sp³-hybridized carbons (Fsp3) is 0.657. The van der Waals surface area contributed by atoms with E-state index in [-0.39, 0.29) is 35.6 Å². The summed E-state index contributed by atoms with van der Waals surface area (Å²) in [5, 5.41) is 0. The van der Waals surface area contributed by atoms with E-state index >= 15 is 0 Å². The Kier molecular flexibility index (Phi) is 11.8. The van der Waals surface area contributed by atoms with Crippen LogP contribution in [-0.2, 0) is 4.74 Å². The SMILES string of the molecule is CCCC1CCC2CC(C3CCC(COC(/C=C\C(=C\F)c4ccc(OCC)c(F)c4F)=C(/C)F)CC3)CCC2C1. The molecule has 0 saturated heterocycles. The van der Waals surface area contributed by atoms with Crippen LogP contribution in [0.3, 0.4) is 0 Å². The van der Waals surface area contributed by atoms with Gasteiger partial charge in [0.2, 0.25) is 5.82 Å². The summed E-state index contributed by atoms with van der Waals surface area (Å²) in [5.74, 6) is 1.65. The van der Waals surface area contributed by atoms with Gasteiger partial charge in [0, 0.05) is 11.1 Å². The molecule has 0 amide bonds. The quantitative estimate of drug-likeness (QED) is 0.148. The van der Waals surface area contributed by atoms with Crippen molar-refractivity contribution in [1.29, 1.82) is 0 Å². The van der Waals surface area contributed by atoms with Gasteiger partial charge in [-0.1, -0.05) is 26.2 Å². The van der Waals surface area contributed by atoms with Crippen LogP contribution < -0.4 is 4.74 Å². The standard InChI is InChI=1S/C35H48F4O2/c1-4-6-24-7-12-29-20-28(14-13-27(29)19-24)26-10-8-25(9-11-26)22-41-32(23(3)37)17-15-30(21-36)31-16-18-33(40-5-2)35(39)34(31)38/h15-18,21,24-29H,4-14,19-20,22H2,1-3H3/b17-15-,30-21-,32-23-. The molecule has 3 fully saturated rings. The number of allylic oxidation sites excluding steroid dienone is 4. The van der Waals surface area contributed by atoms with Gasteiger partial charge in [0.1, 0.15) is 11.6 Å². The molecule has 6 heteroatoms. The van der Waals surface area contributed by atoms with Gasteiger partial charge in [0.25, 0.3) is 0 Å². The van der Waals surface area contributed by atoms with Crippen LogP contribution >= 0.6 is 0 Å². The largest absolute Gasteiger partial charge is 0.491 e. The molecule has 0 spiro atoms. The average Bonchev–Trinajstić information content (AvgIpc) is 2.98. The summed E-state index contributed by atoms with van der Waals surface area (Å²) in [5.41, 5.74) is -0.497. The molecule has 4 unspecified atom stereocenters. The van der Waals surface area contributed by atoms with Gasteiger partial charge in [-0.2, -0.15) is 4.39 Å². The average molecular weight is 577 g/mol. The van der Waals surface area contributed by atoms with Crippen molar-refractivity contribution < 1.29 is 27.0 Å². The highest BCUT2D eigenvalue weighted by atomic mass is 19.2. The number of benzene rings is 1. The van der Waals surface area contributed by atoms with E-state index < -0.39 is 17.5 Å². The Balaban J connectivity index is 1.26. The monoisotopic (exact) mass is 576 g/mol. The Hall–Kier alpha value is -2.24. The van der Waals surface area contributed by atoms with E-state index in [0.717, 1.165) is 42.4 Å². The Morgan fingerprint density at radius 2 is 1.46 bits per heavy atom. The molecule has 3 aliphatic carbocycles. The van der Waals surface area contributed by atoms with Gasteiger partial charge in [-0.25, -0.2) is 13.2 Å². The molecular formula is C35H48F4O2. The molecule has 4 rings (SSSR count). The van der Waals surface area contributed by atoms with Crippen LogP contribution in [0, 0.1) is 47.1 Å². The van der Waals surface area contributed by atoms with Gasteiger partial charge in [-0.15, -0.1) is 0 Å². The maximum absolute atomic E-state index is 14.6. The lowest BCUT2D eigenvalue weighted by Crippen LogP contribution is -2.34. The van der Waals surface area contributed by atoms with Gasteiger partial charge < -0.3 is 9.47 Å². The zero-order chi connectivity index (χ0) is 29.4. The molecule has 2 nitrogen and oxygen atoms in total. The lowest BCUT2D eigenvalue weighted by molar-refractivity contribution is 0.0507. The minimum atomic E-state index is -1.22. The van der Waals surface area contributed by atoms with Crippen LogP contribution in [0.25, 0.3) is 5.57 Å². The van der Waals surface area contributed by atoms with Crippen molar-refractivity contribution in [3.63, 3.8) is 0 Å². The highest BCUT2D eigenvalue weighted by molar-refractivity contribution is 5.74. The van der Waals surface area contributed by atoms with E-state index in [9.17, 15) is 17.6 Å². The molecule has 4 atom stereocenters. The van der Waals surface area contributed by atoms with Crippen molar-refractivity contribution in [2.24, 2.45) is 35.5 Å². The van der Waals surface area contributed by atoms with E-state index in [0.29, 0.717) is 12.5 Å². The molecule has 0 heterocycles. The third-order valence-electron chi connectivity index (χ3n) is 10.0. The number of halogens is 4. The molecule has 3 saturated carbocycles. The van der Waals surface area contributed by atoms with E-state index in [2.05, 4.69) is 6.92 Å². The van der Waals surface area contributed by atoms with Crippen molar-refractivity contribution in [2.75, 3.05) is 13.2 Å². The van der Waals surface area contributed by atoms with Crippen LogP contribution in [-0.4, -0.2) is 13.2 Å². The number of hydrogen-bond donors (Lipinski definition) is 0. The molecule has 0 radical (unpaired) electrons. The van der Waals surface area contributed by atoms with Gasteiger partial charge in [0.05, 0.1) is 19.5 Å². The normalized spacial score (nSPS) is 29.7. The van der Waals surface area contributed by atoms with Crippen molar-refractivity contribution in [3.05, 3.63) is 59.4 Å². The predicted molar refractivity (Wildman–Crippen MR) is 158 cm³/mol. The number of ether oxygens (including phenoxy) is 2. The van der Waals surface area contributed by atoms with Crippen molar-refractivity contribution >= 4 is 5.57 Å². The second-order valence-corrected chi connectivity index (χ2v) is 12.6. The summed E-state index contributed by atoms with van der Waals surface area (Å²) in [6.07, 6.45) is 18.5. The maximum Gasteiger partial charge on any atom is 0.201 e. The molecule has 0 aliphatic heterocycles. The summed E-state index contributed by atoms with van der Waals surface area (Å²) >= 11 is 0. The first-order valence-electron chi connectivity index (χ1n) is 15.9. The third-order valence-corrected chi connectivity index (χ3v) is 10.0. The maximum atomic E-state index is 14.6. The van der Waals surface area contributed by atoms with Crippen LogP contribution in [0.15, 0.2) is 42.2 Å². The van der Waals surface area contributed by atoms with E-state index in [4.69, 9.17) is 9.47 Å². The summed E-state index contributed by atoms with van der Waals surface area (Å²) in [6.45, 7) is 5.81. The first-order valence-corrected chi connectivity index (χ1v) is 15.9. The molecule has 1 aromatic rings. The van der Waals surface area contributed by atoms with Gasteiger partial charge in [-0.3, -0.25) is 0 Å². The first kappa shape index (κ1) is 31.7. The highest BCUT2D eigenvalue weighted by Crippen LogP contribution is 2.49. The lowest BCUT2D eigenvalue weighted by Gasteiger charge is -2.45. The highest BCUT2D eigenvalue weighted by Gasteiger charge is 2.38. The smallest absolute Gasteiger partial charge is 0.201 e. The Bertz CT molecular complexity index is 1080. The Morgan fingerprint density at radius 1 is 0.829 bits per heavy atom. The first-order chi connectivity index (χ1) is 19.8. The fourth-order valence-electron chi connectivity index (χ4n) is 7.79. The van der Waals surface area contributed by atoms with Gasteiger partial charge >= 0.3 is 0 Å². The summed E-state index contributed by atoms with van der Waals surface area (Å²) in [4.78, 5) is 0. The lowest BCUT2D eigenvalue weighted by atomic mass is 9.60. The molecule has 3 aliphatic rings. The van der Waals surface area contributed by atoms with Crippen molar-refractivity contribution in [1.82, 2.24) is 0 Å². The molecular weight excluding hydrogens is 528 g/mol. The van der Waals surface area contributed by atoms with E-state index in [1.54, 1.807) is 6.92 Å². The van der Waals surface area contributed by atoms with E-state index in [1.165, 1.54) is 95.4 Å². The van der Waals surface area contributed by atoms with Gasteiger partial charge in [0.15, 0.2) is 11.6 Å². The number of rotatable bonds is 11. The van der Waals surface area contributed by atoms with Crippen LogP contribution in [0.4, 0.5) is 17.6 Å². The van der Waals surface area contributed by atoms with Crippen molar-refractivity contribution in [2.45, 2.75) is 97.8 Å². The molecule has 41 heavy (non-hydrogen) atoms. The molecule has 228 valence electrons. The van der Waals surface area contributed by atoms with Gasteiger partial charge in [-0.05, 0) is 131 Å². The van der Waals surface area contributed by atoms with Crippen LogP contribution in [0.2, 0.25) is 0 Å². The van der Waals surface area contributed by atoms with Crippen molar-refractivity contribution in [3.8, 4) is 5.75 Å². The molecule has 0 aromatic heterocycles. The molecule has 1 aromatic carbocycles. The summed E-state index contributed by atoms with van der Waals surface area (Å²) in [6, 6.07) is 2.50. The summed E-state index contributed by atoms with van der Waals surface area (Å²) < 4.78 is 67.7. The van der Waals surface area contributed by atoms with Crippen LogP contribution in [0.5, 0.6) is 5.75 Å². The minimum Gasteiger partial charge on any atom is -0.491 e. The number of fused-ring (bicyclic) bond motifs is 1. The predicted octanol–water partition coefficient (Wildman–Crippen LogP) is 10.9. The topological polar surface area (TPSA) is 18.5 Å². The zero-order valence-corrected chi connectivity index (χ0v) is 25.1. The zero-order valence-electron chi connectivity index (χ0n) is 25.1. The Morgan fingerprint density at radius 3 is 2.12 bits per heavy atom. The second kappa shape index (κ2) is 15.3. The second-order valence-electron chi connectivity index (χ2n) is 12.6. The summed E-state index contributed by atoms with van der Waals surface area (Å²) in [7, 11) is 0. The minimum absolute atomic E-state index is 0.0183.